The van der Waals surface area contributed by atoms with Gasteiger partial charge in [0.05, 0.1) is 6.61 Å². The molecule has 0 unspecified atom stereocenters. The number of hydrogen-bond donors (Lipinski definition) is 0. The van der Waals surface area contributed by atoms with Gasteiger partial charge < -0.3 is 14.5 Å². The van der Waals surface area contributed by atoms with Gasteiger partial charge in [-0.2, -0.15) is 15.0 Å². The Hall–Kier alpha value is -1.69. The van der Waals surface area contributed by atoms with Gasteiger partial charge in [-0.05, 0) is 12.0 Å². The summed E-state index contributed by atoms with van der Waals surface area (Å²) in [4.78, 5) is 17.8. The number of nitrogens with zero attached hydrogens (tertiary/aromatic N) is 5. The van der Waals surface area contributed by atoms with Crippen molar-refractivity contribution in [3.8, 4) is 0 Å². The van der Waals surface area contributed by atoms with E-state index in [2.05, 4.69) is 39.8 Å². The van der Waals surface area contributed by atoms with Crippen LogP contribution >= 0.6 is 0 Å². The third-order valence-electron chi connectivity index (χ3n) is 3.46. The molecule has 116 valence electrons. The number of rotatable bonds is 5. The minimum atomic E-state index is 0.287. The van der Waals surface area contributed by atoms with Crippen molar-refractivity contribution in [3.63, 3.8) is 0 Å². The molecule has 0 atom stereocenters. The Kier molecular flexibility index (Phi) is 5.12. The topological polar surface area (TPSA) is 54.4 Å². The molecule has 1 aromatic rings. The molecular weight excluding hydrogens is 266 g/mol. The van der Waals surface area contributed by atoms with Crippen molar-refractivity contribution in [2.45, 2.75) is 26.2 Å². The van der Waals surface area contributed by atoms with E-state index in [1.165, 1.54) is 5.57 Å². The van der Waals surface area contributed by atoms with Crippen molar-refractivity contribution in [2.24, 2.45) is 0 Å². The van der Waals surface area contributed by atoms with Crippen LogP contribution in [0.2, 0.25) is 0 Å². The van der Waals surface area contributed by atoms with E-state index in [0.717, 1.165) is 37.2 Å². The summed E-state index contributed by atoms with van der Waals surface area (Å²) >= 11 is 0. The van der Waals surface area contributed by atoms with Crippen LogP contribution in [0.15, 0.2) is 11.6 Å². The minimum absolute atomic E-state index is 0.287. The third kappa shape index (κ3) is 3.91. The molecule has 0 saturated carbocycles. The van der Waals surface area contributed by atoms with Crippen LogP contribution in [0, 0.1) is 0 Å². The van der Waals surface area contributed by atoms with Crippen molar-refractivity contribution in [3.05, 3.63) is 17.5 Å². The average Bonchev–Trinajstić information content (AvgIpc) is 2.47. The van der Waals surface area contributed by atoms with E-state index in [1.807, 2.05) is 19.0 Å². The number of aromatic nitrogens is 3. The van der Waals surface area contributed by atoms with E-state index in [-0.39, 0.29) is 5.92 Å². The van der Waals surface area contributed by atoms with Gasteiger partial charge in [0.25, 0.3) is 0 Å². The zero-order valence-electron chi connectivity index (χ0n) is 13.6. The molecule has 21 heavy (non-hydrogen) atoms. The van der Waals surface area contributed by atoms with Crippen LogP contribution in [0.4, 0.5) is 11.9 Å². The van der Waals surface area contributed by atoms with Crippen molar-refractivity contribution in [2.75, 3.05) is 50.7 Å². The highest BCUT2D eigenvalue weighted by Gasteiger charge is 2.18. The quantitative estimate of drug-likeness (QED) is 0.772. The monoisotopic (exact) mass is 291 g/mol. The smallest absolute Gasteiger partial charge is 0.230 e. The fraction of sp³-hybridized carbons (Fsp3) is 0.667. The highest BCUT2D eigenvalue weighted by molar-refractivity contribution is 5.40. The largest absolute Gasteiger partial charge is 0.380 e. The predicted octanol–water partition coefficient (Wildman–Crippen LogP) is 1.84. The maximum absolute atomic E-state index is 5.19. The van der Waals surface area contributed by atoms with E-state index in [0.29, 0.717) is 6.61 Å². The second-order valence-electron chi connectivity index (χ2n) is 5.83. The van der Waals surface area contributed by atoms with Gasteiger partial charge in [-0.15, -0.1) is 0 Å². The first-order valence-electron chi connectivity index (χ1n) is 7.36. The van der Waals surface area contributed by atoms with E-state index in [1.54, 1.807) is 7.11 Å². The maximum atomic E-state index is 5.19. The summed E-state index contributed by atoms with van der Waals surface area (Å²) in [6.45, 7) is 6.67. The summed E-state index contributed by atoms with van der Waals surface area (Å²) < 4.78 is 5.19. The van der Waals surface area contributed by atoms with Gasteiger partial charge >= 0.3 is 0 Å². The Balaban J connectivity index is 2.23. The van der Waals surface area contributed by atoms with Gasteiger partial charge in [-0.3, -0.25) is 0 Å². The first-order valence-corrected chi connectivity index (χ1v) is 7.36. The van der Waals surface area contributed by atoms with Gasteiger partial charge in [-0.1, -0.05) is 19.9 Å². The van der Waals surface area contributed by atoms with Gasteiger partial charge in [0.2, 0.25) is 11.9 Å². The van der Waals surface area contributed by atoms with Crippen LogP contribution in [0.1, 0.15) is 32.0 Å². The molecule has 2 heterocycles. The molecule has 0 aromatic carbocycles. The van der Waals surface area contributed by atoms with E-state index in [9.17, 15) is 0 Å². The first-order chi connectivity index (χ1) is 10.0. The van der Waals surface area contributed by atoms with Crippen molar-refractivity contribution in [1.29, 1.82) is 0 Å². The molecule has 0 amide bonds. The lowest BCUT2D eigenvalue weighted by atomic mass is 10.1. The van der Waals surface area contributed by atoms with Crippen LogP contribution in [0.3, 0.4) is 0 Å². The lowest BCUT2D eigenvalue weighted by Crippen LogP contribution is -2.32. The predicted molar refractivity (Wildman–Crippen MR) is 85.0 cm³/mol. The van der Waals surface area contributed by atoms with Crippen molar-refractivity contribution >= 4 is 11.9 Å². The number of hydrogen-bond acceptors (Lipinski definition) is 6. The summed E-state index contributed by atoms with van der Waals surface area (Å²) in [6.07, 6.45) is 3.20. The zero-order chi connectivity index (χ0) is 15.4. The van der Waals surface area contributed by atoms with E-state index < -0.39 is 0 Å². The fourth-order valence-corrected chi connectivity index (χ4v) is 2.18. The molecule has 2 rings (SSSR count). The normalized spacial score (nSPS) is 15.3. The van der Waals surface area contributed by atoms with Crippen LogP contribution in [-0.2, 0) is 4.74 Å². The molecule has 1 aliphatic rings. The van der Waals surface area contributed by atoms with Crippen LogP contribution in [0.5, 0.6) is 0 Å². The lowest BCUT2D eigenvalue weighted by molar-refractivity contribution is 0.222. The Morgan fingerprint density at radius 2 is 2.05 bits per heavy atom. The molecule has 0 saturated heterocycles. The second kappa shape index (κ2) is 6.85. The van der Waals surface area contributed by atoms with Crippen LogP contribution in [-0.4, -0.2) is 55.9 Å². The molecule has 0 fully saturated rings. The number of anilines is 2. The van der Waals surface area contributed by atoms with Gasteiger partial charge in [-0.25, -0.2) is 0 Å². The Labute approximate surface area is 126 Å². The fourth-order valence-electron chi connectivity index (χ4n) is 2.18. The summed E-state index contributed by atoms with van der Waals surface area (Å²) in [5.41, 5.74) is 1.35. The van der Waals surface area contributed by atoms with Crippen LogP contribution < -0.4 is 9.80 Å². The molecule has 6 nitrogen and oxygen atoms in total. The summed E-state index contributed by atoms with van der Waals surface area (Å²) in [5, 5.41) is 0. The second-order valence-corrected chi connectivity index (χ2v) is 5.83. The molecule has 0 aliphatic carbocycles. The van der Waals surface area contributed by atoms with Gasteiger partial charge in [0.1, 0.15) is 5.82 Å². The highest BCUT2D eigenvalue weighted by atomic mass is 16.5. The Morgan fingerprint density at radius 3 is 2.57 bits per heavy atom. The molecule has 0 spiro atoms. The van der Waals surface area contributed by atoms with E-state index in [4.69, 9.17) is 4.74 Å². The zero-order valence-corrected chi connectivity index (χ0v) is 13.6. The SMILES string of the molecule is COCC1=CCN(c2nc(C(C)C)nc(N(C)C)n2)CC1. The Morgan fingerprint density at radius 1 is 1.29 bits per heavy atom. The molecule has 6 heteroatoms. The van der Waals surface area contributed by atoms with Gasteiger partial charge in [0, 0.05) is 40.2 Å². The minimum Gasteiger partial charge on any atom is -0.380 e. The molecule has 0 bridgehead atoms. The molecule has 1 aliphatic heterocycles. The molecule has 0 N–H and O–H groups in total. The third-order valence-corrected chi connectivity index (χ3v) is 3.46. The van der Waals surface area contributed by atoms with Crippen molar-refractivity contribution < 1.29 is 4.74 Å². The van der Waals surface area contributed by atoms with Crippen LogP contribution in [0.25, 0.3) is 0 Å². The Bertz CT molecular complexity index is 487. The molecule has 0 radical (unpaired) electrons. The lowest BCUT2D eigenvalue weighted by Gasteiger charge is -2.27. The molecular formula is C15H25N5O. The highest BCUT2D eigenvalue weighted by Crippen LogP contribution is 2.20. The summed E-state index contributed by atoms with van der Waals surface area (Å²) in [6, 6.07) is 0. The number of ether oxygens (including phenoxy) is 1. The maximum Gasteiger partial charge on any atom is 0.230 e. The molecule has 1 aromatic heterocycles. The van der Waals surface area contributed by atoms with E-state index >= 15 is 0 Å². The van der Waals surface area contributed by atoms with Gasteiger partial charge in [0.15, 0.2) is 0 Å². The first kappa shape index (κ1) is 15.7. The summed E-state index contributed by atoms with van der Waals surface area (Å²) in [7, 11) is 5.64. The standard InChI is InChI=1S/C15H25N5O/c1-11(2)13-16-14(19(3)4)18-15(17-13)20-8-6-12(7-9-20)10-21-5/h6,11H,7-10H2,1-5H3. The number of methoxy groups -OCH3 is 1. The summed E-state index contributed by atoms with van der Waals surface area (Å²) in [5.74, 6) is 2.62. The average molecular weight is 291 g/mol. The van der Waals surface area contributed by atoms with Crippen molar-refractivity contribution in [1.82, 2.24) is 15.0 Å².